The fraction of sp³-hybridized carbons (Fsp3) is 0.893. The van der Waals surface area contributed by atoms with Crippen LogP contribution in [0, 0.1) is 23.2 Å². The van der Waals surface area contributed by atoms with E-state index < -0.39 is 11.9 Å². The number of ketones is 1. The molecule has 1 heterocycles. The number of carbonyl (C=O) groups is 1. The summed E-state index contributed by atoms with van der Waals surface area (Å²) in [5, 5.41) is 10.6. The molecule has 4 atom stereocenters. The minimum Gasteiger partial charge on any atom is -0.384 e. The molecule has 4 unspecified atom stereocenters. The van der Waals surface area contributed by atoms with Crippen LogP contribution in [0.1, 0.15) is 93.4 Å². The van der Waals surface area contributed by atoms with E-state index in [0.29, 0.717) is 43.4 Å². The third-order valence-corrected chi connectivity index (χ3v) is 8.09. The molecule has 0 aromatic heterocycles. The molecular formula is C28H51NO4. The second-order valence-electron chi connectivity index (χ2n) is 12.1. The number of hydrogen-bond acceptors (Lipinski definition) is 5. The largest absolute Gasteiger partial charge is 0.384 e. The van der Waals surface area contributed by atoms with Crippen molar-refractivity contribution in [1.82, 2.24) is 4.90 Å². The van der Waals surface area contributed by atoms with Crippen molar-refractivity contribution in [2.75, 3.05) is 26.2 Å². The average Bonchev–Trinajstić information content (AvgIpc) is 3.12. The van der Waals surface area contributed by atoms with Crippen molar-refractivity contribution < 1.29 is 19.4 Å². The Labute approximate surface area is 203 Å². The van der Waals surface area contributed by atoms with Crippen LogP contribution in [0.15, 0.2) is 12.2 Å². The lowest BCUT2D eigenvalue weighted by molar-refractivity contribution is -0.197. The van der Waals surface area contributed by atoms with Gasteiger partial charge in [-0.1, -0.05) is 60.1 Å². The Kier molecular flexibility index (Phi) is 10.6. The summed E-state index contributed by atoms with van der Waals surface area (Å²) >= 11 is 0. The van der Waals surface area contributed by atoms with Gasteiger partial charge < -0.3 is 14.6 Å². The Balaban J connectivity index is 1.83. The van der Waals surface area contributed by atoms with Crippen LogP contribution in [0.3, 0.4) is 0 Å². The van der Waals surface area contributed by atoms with Crippen LogP contribution >= 0.6 is 0 Å². The molecule has 2 aliphatic rings. The first-order valence-electron chi connectivity index (χ1n) is 13.2. The highest BCUT2D eigenvalue weighted by Gasteiger charge is 2.45. The van der Waals surface area contributed by atoms with E-state index in [1.165, 1.54) is 0 Å². The molecule has 1 spiro atoms. The fourth-order valence-electron chi connectivity index (χ4n) is 5.29. The van der Waals surface area contributed by atoms with Crippen LogP contribution in [0.2, 0.25) is 0 Å². The summed E-state index contributed by atoms with van der Waals surface area (Å²) in [5.41, 5.74) is 1.37. The molecule has 1 aliphatic heterocycles. The van der Waals surface area contributed by atoms with Gasteiger partial charge in [-0.3, -0.25) is 9.69 Å². The molecule has 1 aliphatic carbocycles. The number of nitrogens with zero attached hydrogens (tertiary/aromatic N) is 1. The van der Waals surface area contributed by atoms with E-state index >= 15 is 0 Å². The maximum absolute atomic E-state index is 12.6. The molecule has 1 saturated carbocycles. The van der Waals surface area contributed by atoms with Crippen molar-refractivity contribution in [2.45, 2.75) is 111 Å². The number of ether oxygens (including phenoxy) is 2. The molecule has 0 aromatic rings. The maximum Gasteiger partial charge on any atom is 0.168 e. The topological polar surface area (TPSA) is 59.0 Å². The Hall–Kier alpha value is -0.750. The van der Waals surface area contributed by atoms with Crippen molar-refractivity contribution in [2.24, 2.45) is 23.2 Å². The lowest BCUT2D eigenvalue weighted by Crippen LogP contribution is -2.40. The molecule has 0 bridgehead atoms. The molecule has 33 heavy (non-hydrogen) atoms. The number of carbonyl (C=O) groups excluding carboxylic acids is 1. The van der Waals surface area contributed by atoms with Gasteiger partial charge in [0.25, 0.3) is 0 Å². The lowest BCUT2D eigenvalue weighted by Gasteiger charge is -2.41. The zero-order chi connectivity index (χ0) is 24.8. The van der Waals surface area contributed by atoms with Crippen LogP contribution < -0.4 is 0 Å². The average molecular weight is 466 g/mol. The third kappa shape index (κ3) is 8.76. The van der Waals surface area contributed by atoms with Crippen LogP contribution in [-0.4, -0.2) is 60.0 Å². The second kappa shape index (κ2) is 12.3. The van der Waals surface area contributed by atoms with Crippen molar-refractivity contribution in [3.8, 4) is 0 Å². The van der Waals surface area contributed by atoms with Gasteiger partial charge in [-0.25, -0.2) is 0 Å². The van der Waals surface area contributed by atoms with Gasteiger partial charge in [0.2, 0.25) is 0 Å². The van der Waals surface area contributed by atoms with Crippen molar-refractivity contribution in [1.29, 1.82) is 0 Å². The second-order valence-corrected chi connectivity index (χ2v) is 12.1. The van der Waals surface area contributed by atoms with Gasteiger partial charge in [-0.2, -0.15) is 0 Å². The highest BCUT2D eigenvalue weighted by atomic mass is 16.7. The predicted octanol–water partition coefficient (Wildman–Crippen LogP) is 5.60. The van der Waals surface area contributed by atoms with Crippen molar-refractivity contribution in [3.63, 3.8) is 0 Å². The first kappa shape index (κ1) is 28.5. The zero-order valence-electron chi connectivity index (χ0n) is 22.5. The molecule has 2 fully saturated rings. The predicted molar refractivity (Wildman–Crippen MR) is 135 cm³/mol. The first-order valence-corrected chi connectivity index (χ1v) is 13.2. The van der Waals surface area contributed by atoms with E-state index in [-0.39, 0.29) is 11.9 Å². The molecule has 192 valence electrons. The Morgan fingerprint density at radius 1 is 1.21 bits per heavy atom. The van der Waals surface area contributed by atoms with Gasteiger partial charge in [-0.15, -0.1) is 0 Å². The highest BCUT2D eigenvalue weighted by Crippen LogP contribution is 2.45. The smallest absolute Gasteiger partial charge is 0.168 e. The zero-order valence-corrected chi connectivity index (χ0v) is 22.5. The molecule has 2 rings (SSSR count). The summed E-state index contributed by atoms with van der Waals surface area (Å²) in [6.07, 6.45) is 5.70. The van der Waals surface area contributed by atoms with Crippen molar-refractivity contribution in [3.05, 3.63) is 12.2 Å². The van der Waals surface area contributed by atoms with Crippen LogP contribution in [0.5, 0.6) is 0 Å². The molecule has 0 radical (unpaired) electrons. The van der Waals surface area contributed by atoms with E-state index in [9.17, 15) is 9.90 Å². The Bertz CT molecular complexity index is 632. The van der Waals surface area contributed by atoms with E-state index in [4.69, 9.17) is 9.47 Å². The number of aliphatic hydroxyl groups is 1. The lowest BCUT2D eigenvalue weighted by atomic mass is 9.71. The normalized spacial score (nSPS) is 28.8. The Morgan fingerprint density at radius 2 is 1.85 bits per heavy atom. The number of Topliss-reactive ketones (excluding diaryl/α,β-unsaturated/α-hetero) is 1. The summed E-state index contributed by atoms with van der Waals surface area (Å²) in [6, 6.07) is 0. The van der Waals surface area contributed by atoms with E-state index in [0.717, 1.165) is 56.6 Å². The quantitative estimate of drug-likeness (QED) is 0.380. The van der Waals surface area contributed by atoms with E-state index in [1.807, 2.05) is 6.92 Å². The van der Waals surface area contributed by atoms with Gasteiger partial charge in [0.05, 0.1) is 12.7 Å². The summed E-state index contributed by atoms with van der Waals surface area (Å²) in [4.78, 5) is 14.8. The van der Waals surface area contributed by atoms with Crippen LogP contribution in [0.4, 0.5) is 0 Å². The molecular weight excluding hydrogens is 414 g/mol. The number of rotatable bonds is 12. The minimum atomic E-state index is -0.948. The number of hydrogen-bond donors (Lipinski definition) is 1. The highest BCUT2D eigenvalue weighted by molar-refractivity contribution is 5.83. The van der Waals surface area contributed by atoms with E-state index in [1.54, 1.807) is 0 Å². The van der Waals surface area contributed by atoms with Crippen LogP contribution in [-0.2, 0) is 14.3 Å². The molecule has 0 amide bonds. The van der Waals surface area contributed by atoms with Crippen molar-refractivity contribution >= 4 is 5.78 Å². The molecule has 5 nitrogen and oxygen atoms in total. The van der Waals surface area contributed by atoms with Gasteiger partial charge in [0.1, 0.15) is 6.10 Å². The minimum absolute atomic E-state index is 0.0514. The molecule has 5 heteroatoms. The van der Waals surface area contributed by atoms with E-state index in [2.05, 4.69) is 53.0 Å². The summed E-state index contributed by atoms with van der Waals surface area (Å²) in [7, 11) is 0. The van der Waals surface area contributed by atoms with Gasteiger partial charge in [-0.05, 0) is 49.4 Å². The monoisotopic (exact) mass is 465 g/mol. The van der Waals surface area contributed by atoms with Gasteiger partial charge in [0, 0.05) is 38.9 Å². The molecule has 0 aromatic carbocycles. The third-order valence-electron chi connectivity index (χ3n) is 8.09. The Morgan fingerprint density at radius 3 is 2.39 bits per heavy atom. The first-order chi connectivity index (χ1) is 15.3. The summed E-state index contributed by atoms with van der Waals surface area (Å²) < 4.78 is 12.7. The molecule has 1 saturated heterocycles. The summed E-state index contributed by atoms with van der Waals surface area (Å²) in [5.74, 6) is 1.05. The number of aliphatic hydroxyl groups excluding tert-OH is 1. The summed E-state index contributed by atoms with van der Waals surface area (Å²) in [6.45, 7) is 21.9. The fourth-order valence-corrected chi connectivity index (χ4v) is 5.29. The van der Waals surface area contributed by atoms with Gasteiger partial charge in [0.15, 0.2) is 11.6 Å². The molecule has 1 N–H and O–H groups in total. The SMILES string of the molecule is C=C(C)CN(CCC1COC2(CCC(C(C)(C)C)CC2)O1)CC(O)C(=O)CC(C)C(C)CC. The standard InChI is InChI=1S/C28H51NO4/c1-9-21(4)22(5)16-25(30)26(31)18-29(17-20(2)3)15-12-24-19-32-28(33-24)13-10-23(11-14-28)27(6,7)8/h21-24,26,31H,2,9-19H2,1,3-8H3. The van der Waals surface area contributed by atoms with Crippen LogP contribution in [0.25, 0.3) is 0 Å². The maximum atomic E-state index is 12.6. The van der Waals surface area contributed by atoms with Gasteiger partial charge >= 0.3 is 0 Å².